The number of hydrogen-bond acceptors (Lipinski definition) is 5. The molecular weight excluding hydrogens is 395 g/mol. The molecule has 1 aromatic carbocycles. The fourth-order valence-corrected chi connectivity index (χ4v) is 3.97. The third-order valence-corrected chi connectivity index (χ3v) is 5.54. The van der Waals surface area contributed by atoms with Gasteiger partial charge in [0.1, 0.15) is 5.82 Å². The number of likely N-dealkylation sites (tertiary alicyclic amines) is 1. The number of halogens is 1. The highest BCUT2D eigenvalue weighted by atomic mass is 19.1. The van der Waals surface area contributed by atoms with Crippen molar-refractivity contribution in [2.45, 2.75) is 56.8 Å². The Morgan fingerprint density at radius 1 is 1.17 bits per heavy atom. The Bertz CT molecular complexity index is 723. The molecule has 30 heavy (non-hydrogen) atoms. The van der Waals surface area contributed by atoms with Gasteiger partial charge in [-0.3, -0.25) is 14.4 Å². The molecule has 0 bridgehead atoms. The number of aliphatic hydroxyl groups is 2. The number of piperidine rings is 1. The summed E-state index contributed by atoms with van der Waals surface area (Å²) in [6.45, 7) is 0.852. The van der Waals surface area contributed by atoms with E-state index in [0.29, 0.717) is 50.8 Å². The Kier molecular flexibility index (Phi) is 9.19. The van der Waals surface area contributed by atoms with E-state index in [1.165, 1.54) is 12.1 Å². The van der Waals surface area contributed by atoms with Crippen molar-refractivity contribution < 1.29 is 34.1 Å². The molecule has 1 saturated heterocycles. The molecule has 8 nitrogen and oxygen atoms in total. The van der Waals surface area contributed by atoms with Crippen LogP contribution in [0.1, 0.15) is 37.7 Å². The van der Waals surface area contributed by atoms with Crippen LogP contribution < -0.4 is 5.32 Å². The second kappa shape index (κ2) is 11.6. The quantitative estimate of drug-likeness (QED) is 0.527. The summed E-state index contributed by atoms with van der Waals surface area (Å²) in [4.78, 5) is 35.2. The van der Waals surface area contributed by atoms with E-state index in [0.717, 1.165) is 0 Å². The molecule has 0 aromatic heterocycles. The van der Waals surface area contributed by atoms with E-state index in [9.17, 15) is 24.2 Å². The topological polar surface area (TPSA) is 127 Å². The first-order valence-corrected chi connectivity index (χ1v) is 10.1. The molecule has 0 unspecified atom stereocenters. The summed E-state index contributed by atoms with van der Waals surface area (Å²) in [6.07, 6.45) is 1.64. The van der Waals surface area contributed by atoms with Crippen LogP contribution in [0.3, 0.4) is 0 Å². The number of carbonyl (C=O) groups excluding carboxylic acids is 2. The molecule has 1 aromatic rings. The molecule has 3 rings (SSSR count). The lowest BCUT2D eigenvalue weighted by atomic mass is 9.82. The van der Waals surface area contributed by atoms with Gasteiger partial charge in [0.05, 0.1) is 24.7 Å². The molecule has 1 heterocycles. The zero-order valence-electron chi connectivity index (χ0n) is 16.7. The summed E-state index contributed by atoms with van der Waals surface area (Å²) < 4.78 is 13.2. The minimum atomic E-state index is -0.686. The third-order valence-electron chi connectivity index (χ3n) is 5.54. The van der Waals surface area contributed by atoms with E-state index in [2.05, 4.69) is 5.32 Å². The number of rotatable bonds is 4. The van der Waals surface area contributed by atoms with Crippen molar-refractivity contribution in [3.63, 3.8) is 0 Å². The Hall–Kier alpha value is -2.52. The molecule has 2 aliphatic rings. The molecule has 166 valence electrons. The first kappa shape index (κ1) is 23.8. The van der Waals surface area contributed by atoms with Gasteiger partial charge in [-0.15, -0.1) is 0 Å². The van der Waals surface area contributed by atoms with Gasteiger partial charge >= 0.3 is 0 Å². The summed E-state index contributed by atoms with van der Waals surface area (Å²) in [6, 6.07) is 5.38. The molecule has 2 amide bonds. The largest absolute Gasteiger partial charge is 0.483 e. The van der Waals surface area contributed by atoms with Crippen LogP contribution in [-0.2, 0) is 20.8 Å². The summed E-state index contributed by atoms with van der Waals surface area (Å²) in [5.41, 5.74) is 0.567. The Balaban J connectivity index is 0.00000101. The zero-order valence-corrected chi connectivity index (χ0v) is 16.7. The minimum absolute atomic E-state index is 0.0314. The number of carbonyl (C=O) groups is 3. The van der Waals surface area contributed by atoms with Crippen molar-refractivity contribution in [3.05, 3.63) is 35.6 Å². The lowest BCUT2D eigenvalue weighted by Crippen LogP contribution is -2.51. The van der Waals surface area contributed by atoms with Crippen molar-refractivity contribution >= 4 is 18.3 Å². The van der Waals surface area contributed by atoms with E-state index in [1.807, 2.05) is 0 Å². The van der Waals surface area contributed by atoms with E-state index in [-0.39, 0.29) is 36.7 Å². The summed E-state index contributed by atoms with van der Waals surface area (Å²) in [7, 11) is 0. The second-order valence-corrected chi connectivity index (χ2v) is 7.72. The average Bonchev–Trinajstić information content (AvgIpc) is 2.70. The fourth-order valence-electron chi connectivity index (χ4n) is 3.97. The van der Waals surface area contributed by atoms with Gasteiger partial charge in [0.2, 0.25) is 11.8 Å². The van der Waals surface area contributed by atoms with Crippen LogP contribution in [0, 0.1) is 11.7 Å². The van der Waals surface area contributed by atoms with Gasteiger partial charge < -0.3 is 25.5 Å². The van der Waals surface area contributed by atoms with Crippen LogP contribution in [-0.4, -0.2) is 69.8 Å². The highest BCUT2D eigenvalue weighted by molar-refractivity contribution is 5.80. The summed E-state index contributed by atoms with van der Waals surface area (Å²) in [5, 5.41) is 29.5. The number of nitrogens with zero attached hydrogens (tertiary/aromatic N) is 1. The molecule has 1 aliphatic carbocycles. The number of carboxylic acid groups (broad SMARTS) is 1. The Labute approximate surface area is 174 Å². The Morgan fingerprint density at radius 3 is 2.47 bits per heavy atom. The maximum atomic E-state index is 13.2. The van der Waals surface area contributed by atoms with Gasteiger partial charge in [0.15, 0.2) is 0 Å². The number of aliphatic hydroxyl groups excluding tert-OH is 2. The average molecular weight is 424 g/mol. The van der Waals surface area contributed by atoms with Gasteiger partial charge in [-0.1, -0.05) is 12.1 Å². The molecule has 3 atom stereocenters. The normalized spacial score (nSPS) is 24.4. The fraction of sp³-hybridized carbons (Fsp3) is 0.571. The second-order valence-electron chi connectivity index (χ2n) is 7.72. The van der Waals surface area contributed by atoms with E-state index < -0.39 is 18.0 Å². The van der Waals surface area contributed by atoms with Gasteiger partial charge in [-0.2, -0.15) is 0 Å². The maximum absolute atomic E-state index is 13.2. The highest BCUT2D eigenvalue weighted by Crippen LogP contribution is 2.28. The van der Waals surface area contributed by atoms with Crippen LogP contribution in [0.5, 0.6) is 0 Å². The molecule has 1 aliphatic heterocycles. The molecule has 1 saturated carbocycles. The number of nitrogens with one attached hydrogen (secondary N) is 1. The SMILES string of the molecule is O=C(Cc1cccc(F)c1)N[C@@H]1C[C@@H](C(=O)N2CCC(O)CC2)CC[C@H]1O.O=CO. The highest BCUT2D eigenvalue weighted by Gasteiger charge is 2.36. The molecule has 0 radical (unpaired) electrons. The van der Waals surface area contributed by atoms with Crippen molar-refractivity contribution in [1.82, 2.24) is 10.2 Å². The molecule has 4 N–H and O–H groups in total. The predicted octanol–water partition coefficient (Wildman–Crippen LogP) is 0.698. The monoisotopic (exact) mass is 424 g/mol. The van der Waals surface area contributed by atoms with Gasteiger partial charge in [0, 0.05) is 19.0 Å². The van der Waals surface area contributed by atoms with Crippen LogP contribution in [0.15, 0.2) is 24.3 Å². The predicted molar refractivity (Wildman–Crippen MR) is 106 cm³/mol. The lowest BCUT2D eigenvalue weighted by molar-refractivity contribution is -0.140. The van der Waals surface area contributed by atoms with Gasteiger partial charge in [0.25, 0.3) is 6.47 Å². The standard InChI is InChI=1S/C20H27FN2O4.CH2O2/c21-15-3-1-2-13(10-15)11-19(26)22-17-12-14(4-5-18(17)25)20(27)23-8-6-16(24)7-9-23;2-1-3/h1-3,10,14,16-18,24-25H,4-9,11-12H2,(H,22,26);1H,(H,2,3)/t14-,17+,18+;/m0./s1. The van der Waals surface area contributed by atoms with Crippen molar-refractivity contribution in [3.8, 4) is 0 Å². The molecule has 2 fully saturated rings. The Morgan fingerprint density at radius 2 is 1.83 bits per heavy atom. The maximum Gasteiger partial charge on any atom is 0.290 e. The minimum Gasteiger partial charge on any atom is -0.483 e. The smallest absolute Gasteiger partial charge is 0.290 e. The molecule has 0 spiro atoms. The van der Waals surface area contributed by atoms with Crippen molar-refractivity contribution in [2.24, 2.45) is 5.92 Å². The molecule has 9 heteroatoms. The first-order valence-electron chi connectivity index (χ1n) is 10.1. The number of hydrogen-bond donors (Lipinski definition) is 4. The van der Waals surface area contributed by atoms with Crippen LogP contribution in [0.4, 0.5) is 4.39 Å². The summed E-state index contributed by atoms with van der Waals surface area (Å²) in [5.74, 6) is -0.879. The van der Waals surface area contributed by atoms with E-state index in [1.54, 1.807) is 17.0 Å². The molecular formula is C21H29FN2O6. The van der Waals surface area contributed by atoms with Crippen LogP contribution in [0.2, 0.25) is 0 Å². The van der Waals surface area contributed by atoms with E-state index >= 15 is 0 Å². The van der Waals surface area contributed by atoms with Gasteiger partial charge in [-0.05, 0) is 49.8 Å². The zero-order chi connectivity index (χ0) is 22.1. The van der Waals surface area contributed by atoms with E-state index in [4.69, 9.17) is 9.90 Å². The summed E-state index contributed by atoms with van der Waals surface area (Å²) >= 11 is 0. The van der Waals surface area contributed by atoms with Crippen LogP contribution in [0.25, 0.3) is 0 Å². The third kappa shape index (κ3) is 7.07. The lowest BCUT2D eigenvalue weighted by Gasteiger charge is -2.37. The first-order chi connectivity index (χ1) is 14.3. The number of benzene rings is 1. The van der Waals surface area contributed by atoms with Crippen molar-refractivity contribution in [2.75, 3.05) is 13.1 Å². The van der Waals surface area contributed by atoms with Crippen LogP contribution >= 0.6 is 0 Å². The van der Waals surface area contributed by atoms with Gasteiger partial charge in [-0.25, -0.2) is 4.39 Å². The van der Waals surface area contributed by atoms with Crippen molar-refractivity contribution in [1.29, 1.82) is 0 Å². The number of amides is 2.